The summed E-state index contributed by atoms with van der Waals surface area (Å²) in [5, 5.41) is 15.6. The first-order chi connectivity index (χ1) is 12.9. The van der Waals surface area contributed by atoms with Gasteiger partial charge in [-0.3, -0.25) is 9.59 Å². The van der Waals surface area contributed by atoms with Crippen molar-refractivity contribution < 1.29 is 19.4 Å². The van der Waals surface area contributed by atoms with Gasteiger partial charge in [0.15, 0.2) is 0 Å². The number of rotatable bonds is 9. The van der Waals surface area contributed by atoms with Crippen LogP contribution in [0.15, 0.2) is 28.7 Å². The second-order valence-corrected chi connectivity index (χ2v) is 7.63. The molecule has 0 aliphatic carbocycles. The van der Waals surface area contributed by atoms with Crippen LogP contribution >= 0.6 is 23.1 Å². The van der Waals surface area contributed by atoms with E-state index in [-0.39, 0.29) is 18.1 Å². The number of aliphatic carboxylic acids is 1. The molecule has 0 fully saturated rings. The van der Waals surface area contributed by atoms with Gasteiger partial charge in [0, 0.05) is 22.4 Å². The van der Waals surface area contributed by atoms with Crippen molar-refractivity contribution in [3.05, 3.63) is 45.4 Å². The number of nitrogens with zero attached hydrogens (tertiary/aromatic N) is 2. The Hall–Kier alpha value is -2.39. The number of aryl methyl sites for hydroxylation is 1. The minimum absolute atomic E-state index is 0.0206. The van der Waals surface area contributed by atoms with E-state index in [0.29, 0.717) is 17.2 Å². The summed E-state index contributed by atoms with van der Waals surface area (Å²) in [7, 11) is 1.57. The molecule has 1 heterocycles. The minimum Gasteiger partial charge on any atom is -0.496 e. The highest BCUT2D eigenvalue weighted by Crippen LogP contribution is 2.25. The van der Waals surface area contributed by atoms with Crippen molar-refractivity contribution >= 4 is 40.7 Å². The Labute approximate surface area is 165 Å². The first kappa shape index (κ1) is 20.9. The molecular weight excluding hydrogens is 386 g/mol. The summed E-state index contributed by atoms with van der Waals surface area (Å²) in [6.07, 6.45) is 0.189. The zero-order chi connectivity index (χ0) is 19.8. The van der Waals surface area contributed by atoms with E-state index in [1.54, 1.807) is 14.0 Å². The van der Waals surface area contributed by atoms with Gasteiger partial charge < -0.3 is 9.84 Å². The van der Waals surface area contributed by atoms with Crippen molar-refractivity contribution in [1.82, 2.24) is 10.4 Å². The van der Waals surface area contributed by atoms with Crippen LogP contribution in [-0.4, -0.2) is 40.5 Å². The molecule has 7 nitrogen and oxygen atoms in total. The van der Waals surface area contributed by atoms with Crippen LogP contribution in [0.3, 0.4) is 0 Å². The fourth-order valence-corrected chi connectivity index (χ4v) is 3.73. The van der Waals surface area contributed by atoms with Gasteiger partial charge in [0.1, 0.15) is 10.8 Å². The second-order valence-electron chi connectivity index (χ2n) is 5.70. The molecule has 0 spiro atoms. The number of hydrazone groups is 1. The van der Waals surface area contributed by atoms with Crippen molar-refractivity contribution in [3.8, 4) is 5.75 Å². The van der Waals surface area contributed by atoms with Gasteiger partial charge in [-0.1, -0.05) is 0 Å². The van der Waals surface area contributed by atoms with E-state index in [0.717, 1.165) is 21.8 Å². The number of ether oxygens (including phenoxy) is 1. The fourth-order valence-electron chi connectivity index (χ4n) is 2.24. The molecule has 1 amide bonds. The van der Waals surface area contributed by atoms with E-state index < -0.39 is 5.97 Å². The average molecular weight is 408 g/mol. The maximum atomic E-state index is 12.0. The molecule has 2 aromatic rings. The molecule has 2 rings (SSSR count). The molecule has 0 unspecified atom stereocenters. The molecule has 1 aromatic carbocycles. The first-order valence-electron chi connectivity index (χ1n) is 8.10. The molecule has 0 saturated heterocycles. The van der Waals surface area contributed by atoms with Crippen LogP contribution in [0.5, 0.6) is 5.75 Å². The van der Waals surface area contributed by atoms with E-state index in [9.17, 15) is 9.59 Å². The number of methoxy groups -OCH3 is 1. The summed E-state index contributed by atoms with van der Waals surface area (Å²) >= 11 is 2.74. The monoisotopic (exact) mass is 407 g/mol. The zero-order valence-electron chi connectivity index (χ0n) is 15.3. The molecule has 0 bridgehead atoms. The number of carboxylic acids is 1. The SMILES string of the molecule is COc1ccc(/C(C)=N\NC(=O)Cc2nc(C)cs2)cc1CSCC(=O)O. The van der Waals surface area contributed by atoms with Crippen LogP contribution in [0.2, 0.25) is 0 Å². The fraction of sp³-hybridized carbons (Fsp3) is 0.333. The van der Waals surface area contributed by atoms with Crippen LogP contribution in [0.1, 0.15) is 28.8 Å². The standard InChI is InChI=1S/C18H21N3O4S2/c1-11-8-27-17(19-11)7-16(22)21-20-12(2)13-4-5-15(25-3)14(6-13)9-26-10-18(23)24/h4-6,8H,7,9-10H2,1-3H3,(H,21,22)(H,23,24)/b20-12-. The number of hydrogen-bond acceptors (Lipinski definition) is 7. The number of carbonyl (C=O) groups excluding carboxylic acids is 1. The van der Waals surface area contributed by atoms with E-state index in [2.05, 4.69) is 15.5 Å². The number of benzene rings is 1. The van der Waals surface area contributed by atoms with Crippen molar-refractivity contribution in [2.75, 3.05) is 12.9 Å². The molecule has 0 aliphatic rings. The second kappa shape index (κ2) is 10.1. The number of thiazole rings is 1. The van der Waals surface area contributed by atoms with Crippen molar-refractivity contribution in [1.29, 1.82) is 0 Å². The normalized spacial score (nSPS) is 11.3. The average Bonchev–Trinajstić information content (AvgIpc) is 3.04. The number of thioether (sulfide) groups is 1. The number of carboxylic acid groups (broad SMARTS) is 1. The van der Waals surface area contributed by atoms with Gasteiger partial charge in [0.25, 0.3) is 0 Å². The predicted octanol–water partition coefficient (Wildman–Crippen LogP) is 2.86. The third-order valence-electron chi connectivity index (χ3n) is 3.51. The van der Waals surface area contributed by atoms with Crippen LogP contribution in [0.4, 0.5) is 0 Å². The van der Waals surface area contributed by atoms with Crippen molar-refractivity contribution in [2.45, 2.75) is 26.0 Å². The Bertz CT molecular complexity index is 849. The lowest BCUT2D eigenvalue weighted by Gasteiger charge is -2.10. The lowest BCUT2D eigenvalue weighted by atomic mass is 10.1. The molecule has 9 heteroatoms. The van der Waals surface area contributed by atoms with Crippen molar-refractivity contribution in [2.24, 2.45) is 5.10 Å². The van der Waals surface area contributed by atoms with Gasteiger partial charge in [0.2, 0.25) is 5.91 Å². The maximum Gasteiger partial charge on any atom is 0.313 e. The molecule has 144 valence electrons. The van der Waals surface area contributed by atoms with Crippen LogP contribution in [0.25, 0.3) is 0 Å². The van der Waals surface area contributed by atoms with Gasteiger partial charge in [-0.25, -0.2) is 10.4 Å². The maximum absolute atomic E-state index is 12.0. The van der Waals surface area contributed by atoms with Gasteiger partial charge in [-0.05, 0) is 37.6 Å². The third kappa shape index (κ3) is 6.69. The van der Waals surface area contributed by atoms with Crippen LogP contribution < -0.4 is 10.2 Å². The van der Waals surface area contributed by atoms with E-state index in [1.807, 2.05) is 30.5 Å². The van der Waals surface area contributed by atoms with E-state index in [1.165, 1.54) is 23.1 Å². The largest absolute Gasteiger partial charge is 0.496 e. The molecule has 1 aromatic heterocycles. The summed E-state index contributed by atoms with van der Waals surface area (Å²) in [5.74, 6) is 0.132. The number of nitrogens with one attached hydrogen (secondary N) is 1. The predicted molar refractivity (Wildman–Crippen MR) is 108 cm³/mol. The summed E-state index contributed by atoms with van der Waals surface area (Å²) in [4.78, 5) is 26.9. The number of carbonyl (C=O) groups is 2. The molecular formula is C18H21N3O4S2. The molecule has 27 heavy (non-hydrogen) atoms. The Kier molecular flexibility index (Phi) is 7.81. The zero-order valence-corrected chi connectivity index (χ0v) is 16.9. The quantitative estimate of drug-likeness (QED) is 0.490. The Morgan fingerprint density at radius 1 is 1.41 bits per heavy atom. The minimum atomic E-state index is -0.856. The first-order valence-corrected chi connectivity index (χ1v) is 10.1. The van der Waals surface area contributed by atoms with Crippen molar-refractivity contribution in [3.63, 3.8) is 0 Å². The summed E-state index contributed by atoms with van der Waals surface area (Å²) < 4.78 is 5.33. The van der Waals surface area contributed by atoms with E-state index in [4.69, 9.17) is 9.84 Å². The molecule has 2 N–H and O–H groups in total. The van der Waals surface area contributed by atoms with Gasteiger partial charge >= 0.3 is 5.97 Å². The molecule has 0 aliphatic heterocycles. The summed E-state index contributed by atoms with van der Waals surface area (Å²) in [6.45, 7) is 3.68. The number of amides is 1. The lowest BCUT2D eigenvalue weighted by molar-refractivity contribution is -0.134. The lowest BCUT2D eigenvalue weighted by Crippen LogP contribution is -2.21. The molecule has 0 atom stereocenters. The highest BCUT2D eigenvalue weighted by atomic mass is 32.2. The molecule has 0 radical (unpaired) electrons. The Morgan fingerprint density at radius 2 is 2.19 bits per heavy atom. The van der Waals surface area contributed by atoms with Gasteiger partial charge in [0.05, 0.1) is 25.0 Å². The topological polar surface area (TPSA) is 101 Å². The summed E-state index contributed by atoms with van der Waals surface area (Å²) in [5.41, 5.74) is 5.79. The van der Waals surface area contributed by atoms with Crippen LogP contribution in [0, 0.1) is 6.92 Å². The molecule has 0 saturated carbocycles. The Morgan fingerprint density at radius 3 is 2.81 bits per heavy atom. The summed E-state index contributed by atoms with van der Waals surface area (Å²) in [6, 6.07) is 5.55. The Balaban J connectivity index is 2.03. The highest BCUT2D eigenvalue weighted by Gasteiger charge is 2.09. The van der Waals surface area contributed by atoms with E-state index >= 15 is 0 Å². The van der Waals surface area contributed by atoms with Gasteiger partial charge in [-0.2, -0.15) is 5.10 Å². The highest BCUT2D eigenvalue weighted by molar-refractivity contribution is 7.99. The number of hydrogen-bond donors (Lipinski definition) is 2. The third-order valence-corrected chi connectivity index (χ3v) is 5.44. The van der Waals surface area contributed by atoms with Crippen LogP contribution in [-0.2, 0) is 21.8 Å². The smallest absolute Gasteiger partial charge is 0.313 e. The van der Waals surface area contributed by atoms with Gasteiger partial charge in [-0.15, -0.1) is 23.1 Å². The number of aromatic nitrogens is 1.